The van der Waals surface area contributed by atoms with Gasteiger partial charge >= 0.3 is 5.97 Å². The summed E-state index contributed by atoms with van der Waals surface area (Å²) in [7, 11) is 1.54. The van der Waals surface area contributed by atoms with Gasteiger partial charge in [0.2, 0.25) is 0 Å². The van der Waals surface area contributed by atoms with Crippen LogP contribution in [0.5, 0.6) is 11.5 Å². The maximum absolute atomic E-state index is 15.2. The summed E-state index contributed by atoms with van der Waals surface area (Å²) in [5.41, 5.74) is 9.32. The van der Waals surface area contributed by atoms with Gasteiger partial charge in [0.05, 0.1) is 19.2 Å². The molecule has 0 bridgehead atoms. The lowest BCUT2D eigenvalue weighted by Crippen LogP contribution is -2.06. The second kappa shape index (κ2) is 10.1. The largest absolute Gasteiger partial charge is 0.497 e. The van der Waals surface area contributed by atoms with Gasteiger partial charge in [0, 0.05) is 53.1 Å². The number of hydrogen-bond acceptors (Lipinski definition) is 5. The van der Waals surface area contributed by atoms with Crippen LogP contribution in [0.15, 0.2) is 54.9 Å². The molecule has 0 aliphatic rings. The van der Waals surface area contributed by atoms with Crippen LogP contribution in [0.1, 0.15) is 36.7 Å². The van der Waals surface area contributed by atoms with Crippen molar-refractivity contribution in [3.63, 3.8) is 0 Å². The Labute approximate surface area is 202 Å². The Hall–Kier alpha value is -3.91. The summed E-state index contributed by atoms with van der Waals surface area (Å²) in [5, 5.41) is 10.2. The molecule has 4 rings (SSSR count). The molecule has 0 fully saturated rings. The number of nitrogens with zero attached hydrogens (tertiary/aromatic N) is 2. The van der Waals surface area contributed by atoms with E-state index in [2.05, 4.69) is 23.4 Å². The molecule has 2 heterocycles. The van der Waals surface area contributed by atoms with E-state index in [0.29, 0.717) is 28.2 Å². The number of pyridine rings is 1. The van der Waals surface area contributed by atoms with Crippen LogP contribution in [0.3, 0.4) is 0 Å². The predicted molar refractivity (Wildman–Crippen MR) is 132 cm³/mol. The zero-order valence-corrected chi connectivity index (χ0v) is 19.9. The third kappa shape index (κ3) is 4.97. The van der Waals surface area contributed by atoms with Gasteiger partial charge in [0.15, 0.2) is 5.82 Å². The van der Waals surface area contributed by atoms with Crippen LogP contribution >= 0.6 is 0 Å². The molecule has 0 saturated heterocycles. The molecule has 3 N–H and O–H groups in total. The molecule has 2 aromatic heterocycles. The van der Waals surface area contributed by atoms with E-state index in [1.54, 1.807) is 30.5 Å². The van der Waals surface area contributed by atoms with Crippen molar-refractivity contribution in [1.82, 2.24) is 9.55 Å². The van der Waals surface area contributed by atoms with Crippen LogP contribution in [-0.2, 0) is 24.4 Å². The highest BCUT2D eigenvalue weighted by Gasteiger charge is 2.17. The summed E-state index contributed by atoms with van der Waals surface area (Å²) in [4.78, 5) is 15.4. The number of carboxylic acid groups (broad SMARTS) is 1. The average molecular weight is 478 g/mol. The number of ether oxygens (including phenoxy) is 2. The van der Waals surface area contributed by atoms with Gasteiger partial charge in [0.1, 0.15) is 18.1 Å². The molecule has 0 unspecified atom stereocenters. The van der Waals surface area contributed by atoms with Crippen LogP contribution in [-0.4, -0.2) is 27.7 Å². The molecule has 8 heteroatoms. The normalized spacial score (nSPS) is 11.3. The Morgan fingerprint density at radius 2 is 1.97 bits per heavy atom. The molecule has 0 aliphatic carbocycles. The fourth-order valence-electron chi connectivity index (χ4n) is 4.18. The Balaban J connectivity index is 1.80. The summed E-state index contributed by atoms with van der Waals surface area (Å²) in [6.45, 7) is 4.32. The number of methoxy groups -OCH3 is 1. The van der Waals surface area contributed by atoms with E-state index in [4.69, 9.17) is 15.2 Å². The molecule has 0 amide bonds. The highest BCUT2D eigenvalue weighted by atomic mass is 19.1. The number of benzene rings is 2. The van der Waals surface area contributed by atoms with E-state index in [1.165, 1.54) is 7.11 Å². The van der Waals surface area contributed by atoms with Crippen LogP contribution in [0.25, 0.3) is 22.0 Å². The number of aromatic nitrogens is 2. The topological polar surface area (TPSA) is 99.6 Å². The number of carbonyl (C=O) groups is 1. The minimum absolute atomic E-state index is 0.000812. The van der Waals surface area contributed by atoms with Crippen molar-refractivity contribution in [2.45, 2.75) is 39.5 Å². The molecular weight excluding hydrogens is 449 g/mol. The second-order valence-corrected chi connectivity index (χ2v) is 8.55. The first-order valence-corrected chi connectivity index (χ1v) is 11.3. The summed E-state index contributed by atoms with van der Waals surface area (Å²) >= 11 is 0. The van der Waals surface area contributed by atoms with Crippen molar-refractivity contribution >= 4 is 16.9 Å². The maximum atomic E-state index is 15.2. The number of nitrogens with two attached hydrogens (primary N) is 1. The zero-order valence-electron chi connectivity index (χ0n) is 19.9. The highest BCUT2D eigenvalue weighted by Crippen LogP contribution is 2.35. The Morgan fingerprint density at radius 1 is 1.17 bits per heavy atom. The lowest BCUT2D eigenvalue weighted by atomic mass is 9.98. The molecule has 182 valence electrons. The lowest BCUT2D eigenvalue weighted by Gasteiger charge is -2.16. The van der Waals surface area contributed by atoms with Gasteiger partial charge in [-0.3, -0.25) is 9.78 Å². The van der Waals surface area contributed by atoms with E-state index in [1.807, 2.05) is 24.4 Å². The van der Waals surface area contributed by atoms with E-state index < -0.39 is 11.8 Å². The third-order valence-electron chi connectivity index (χ3n) is 5.91. The van der Waals surface area contributed by atoms with Crippen molar-refractivity contribution in [3.05, 3.63) is 77.5 Å². The first kappa shape index (κ1) is 24.2. The number of carboxylic acids is 1. The van der Waals surface area contributed by atoms with Crippen molar-refractivity contribution in [3.8, 4) is 22.6 Å². The standard InChI is InChI=1S/C27H28FN3O4/c1-16(2)31-9-7-20-22(21-6-8-30-23(14-29)27(21)28)10-17(11-24(20)31)15-35-25-13-19(34-3)5-4-18(25)12-26(32)33/h4-11,13,16H,12,14-15,29H2,1-3H3,(H,32,33). The van der Waals surface area contributed by atoms with Crippen LogP contribution in [0.2, 0.25) is 0 Å². The lowest BCUT2D eigenvalue weighted by molar-refractivity contribution is -0.136. The van der Waals surface area contributed by atoms with Crippen LogP contribution in [0, 0.1) is 5.82 Å². The van der Waals surface area contributed by atoms with Gasteiger partial charge in [-0.15, -0.1) is 0 Å². The van der Waals surface area contributed by atoms with E-state index in [0.717, 1.165) is 16.5 Å². The van der Waals surface area contributed by atoms with Gasteiger partial charge in [0.25, 0.3) is 0 Å². The fourth-order valence-corrected chi connectivity index (χ4v) is 4.18. The molecule has 2 aromatic carbocycles. The number of fused-ring (bicyclic) bond motifs is 1. The van der Waals surface area contributed by atoms with Gasteiger partial charge in [-0.25, -0.2) is 4.39 Å². The molecule has 0 saturated carbocycles. The number of hydrogen-bond donors (Lipinski definition) is 2. The minimum Gasteiger partial charge on any atom is -0.497 e. The number of halogens is 1. The molecule has 0 aliphatic heterocycles. The van der Waals surface area contributed by atoms with Crippen molar-refractivity contribution in [2.24, 2.45) is 5.73 Å². The van der Waals surface area contributed by atoms with Gasteiger partial charge in [-0.05, 0) is 55.3 Å². The SMILES string of the molecule is COc1ccc(CC(=O)O)c(OCc2cc(-c3ccnc(CN)c3F)c3ccn(C(C)C)c3c2)c1. The summed E-state index contributed by atoms with van der Waals surface area (Å²) < 4.78 is 28.7. The minimum atomic E-state index is -0.956. The first-order valence-electron chi connectivity index (χ1n) is 11.3. The summed E-state index contributed by atoms with van der Waals surface area (Å²) in [6, 6.07) is 12.8. The first-order chi connectivity index (χ1) is 16.8. The third-order valence-corrected chi connectivity index (χ3v) is 5.91. The van der Waals surface area contributed by atoms with Crippen molar-refractivity contribution in [2.75, 3.05) is 7.11 Å². The smallest absolute Gasteiger partial charge is 0.307 e. The molecule has 4 aromatic rings. The summed E-state index contributed by atoms with van der Waals surface area (Å²) in [5.74, 6) is -0.411. The van der Waals surface area contributed by atoms with Gasteiger partial charge in [-0.2, -0.15) is 0 Å². The van der Waals surface area contributed by atoms with E-state index in [-0.39, 0.29) is 31.3 Å². The zero-order chi connectivity index (χ0) is 25.1. The van der Waals surface area contributed by atoms with Gasteiger partial charge < -0.3 is 24.9 Å². The summed E-state index contributed by atoms with van der Waals surface area (Å²) in [6.07, 6.45) is 3.37. The van der Waals surface area contributed by atoms with Crippen molar-refractivity contribution in [1.29, 1.82) is 0 Å². The Morgan fingerprint density at radius 3 is 2.66 bits per heavy atom. The van der Waals surface area contributed by atoms with E-state index >= 15 is 4.39 Å². The Bertz CT molecular complexity index is 1380. The maximum Gasteiger partial charge on any atom is 0.307 e. The van der Waals surface area contributed by atoms with E-state index in [9.17, 15) is 9.90 Å². The van der Waals surface area contributed by atoms with Gasteiger partial charge in [-0.1, -0.05) is 6.07 Å². The molecule has 35 heavy (non-hydrogen) atoms. The average Bonchev–Trinajstić information content (AvgIpc) is 3.27. The van der Waals surface area contributed by atoms with Crippen LogP contribution < -0.4 is 15.2 Å². The quantitative estimate of drug-likeness (QED) is 0.348. The Kier molecular flexibility index (Phi) is 7.02. The molecule has 0 atom stereocenters. The van der Waals surface area contributed by atoms with Crippen molar-refractivity contribution < 1.29 is 23.8 Å². The number of aliphatic carboxylic acids is 1. The number of rotatable bonds is 9. The van der Waals surface area contributed by atoms with Crippen LogP contribution in [0.4, 0.5) is 4.39 Å². The molecule has 0 spiro atoms. The second-order valence-electron chi connectivity index (χ2n) is 8.55. The molecule has 0 radical (unpaired) electrons. The molecule has 7 nitrogen and oxygen atoms in total. The molecular formula is C27H28FN3O4. The monoisotopic (exact) mass is 477 g/mol. The predicted octanol–water partition coefficient (Wildman–Crippen LogP) is 5.10. The highest BCUT2D eigenvalue weighted by molar-refractivity contribution is 5.96. The fraction of sp³-hybridized carbons (Fsp3) is 0.259.